The van der Waals surface area contributed by atoms with Crippen LogP contribution in [0.4, 0.5) is 0 Å². The number of methoxy groups -OCH3 is 1. The van der Waals surface area contributed by atoms with Crippen molar-refractivity contribution in [1.29, 1.82) is 0 Å². The van der Waals surface area contributed by atoms with Gasteiger partial charge in [0.25, 0.3) is 0 Å². The Labute approximate surface area is 88.4 Å². The molecule has 2 heterocycles. The fourth-order valence-electron chi connectivity index (χ4n) is 1.96. The van der Waals surface area contributed by atoms with Gasteiger partial charge < -0.3 is 18.9 Å². The largest absolute Gasteiger partial charge is 0.353 e. The molecule has 0 N–H and O–H groups in total. The summed E-state index contributed by atoms with van der Waals surface area (Å²) < 4.78 is 22.1. The van der Waals surface area contributed by atoms with E-state index in [-0.39, 0.29) is 24.6 Å². The molecule has 5 heteroatoms. The van der Waals surface area contributed by atoms with Gasteiger partial charge in [-0.2, -0.15) is 0 Å². The number of alkyl halides is 1. The highest BCUT2D eigenvalue weighted by molar-refractivity contribution is 6.18. The van der Waals surface area contributed by atoms with Crippen LogP contribution in [0.1, 0.15) is 13.8 Å². The Hall–Kier alpha value is 0.130. The number of hydrogen-bond acceptors (Lipinski definition) is 4. The molecule has 0 saturated carbocycles. The second kappa shape index (κ2) is 3.61. The topological polar surface area (TPSA) is 36.9 Å². The summed E-state index contributed by atoms with van der Waals surface area (Å²) >= 11 is 5.77. The summed E-state index contributed by atoms with van der Waals surface area (Å²) in [7, 11) is 1.59. The Morgan fingerprint density at radius 3 is 2.50 bits per heavy atom. The van der Waals surface area contributed by atoms with Crippen molar-refractivity contribution in [3.63, 3.8) is 0 Å². The molecule has 4 atom stereocenters. The lowest BCUT2D eigenvalue weighted by Gasteiger charge is -2.22. The van der Waals surface area contributed by atoms with Crippen LogP contribution in [0.15, 0.2) is 0 Å². The maximum absolute atomic E-state index is 5.77. The average Bonchev–Trinajstić information content (AvgIpc) is 2.57. The van der Waals surface area contributed by atoms with Crippen LogP contribution in [0.25, 0.3) is 0 Å². The van der Waals surface area contributed by atoms with E-state index >= 15 is 0 Å². The number of fused-ring (bicyclic) bond motifs is 1. The minimum atomic E-state index is -0.569. The van der Waals surface area contributed by atoms with E-state index in [0.29, 0.717) is 5.88 Å². The lowest BCUT2D eigenvalue weighted by molar-refractivity contribution is -0.224. The second-order valence-corrected chi connectivity index (χ2v) is 4.31. The molecule has 1 unspecified atom stereocenters. The van der Waals surface area contributed by atoms with Gasteiger partial charge in [-0.1, -0.05) is 0 Å². The second-order valence-electron chi connectivity index (χ2n) is 4.00. The molecule has 2 aliphatic rings. The Kier molecular flexibility index (Phi) is 2.74. The van der Waals surface area contributed by atoms with Crippen LogP contribution in [-0.2, 0) is 18.9 Å². The zero-order valence-corrected chi connectivity index (χ0v) is 9.28. The van der Waals surface area contributed by atoms with E-state index in [9.17, 15) is 0 Å². The van der Waals surface area contributed by atoms with Crippen molar-refractivity contribution in [3.8, 4) is 0 Å². The van der Waals surface area contributed by atoms with Crippen LogP contribution in [0.2, 0.25) is 0 Å². The molecule has 0 aromatic heterocycles. The van der Waals surface area contributed by atoms with Gasteiger partial charge in [0.05, 0.1) is 5.88 Å². The Morgan fingerprint density at radius 1 is 1.29 bits per heavy atom. The fraction of sp³-hybridized carbons (Fsp3) is 1.00. The van der Waals surface area contributed by atoms with Crippen LogP contribution in [0.3, 0.4) is 0 Å². The summed E-state index contributed by atoms with van der Waals surface area (Å²) in [6.45, 7) is 3.76. The van der Waals surface area contributed by atoms with Crippen molar-refractivity contribution in [2.45, 2.75) is 44.2 Å². The van der Waals surface area contributed by atoms with Crippen LogP contribution in [-0.4, -0.2) is 43.4 Å². The van der Waals surface area contributed by atoms with Crippen molar-refractivity contribution < 1.29 is 18.9 Å². The fourth-order valence-corrected chi connectivity index (χ4v) is 2.20. The van der Waals surface area contributed by atoms with Crippen molar-refractivity contribution in [2.24, 2.45) is 0 Å². The maximum Gasteiger partial charge on any atom is 0.186 e. The monoisotopic (exact) mass is 222 g/mol. The summed E-state index contributed by atoms with van der Waals surface area (Å²) in [6, 6.07) is 0. The molecule has 82 valence electrons. The van der Waals surface area contributed by atoms with Crippen LogP contribution >= 0.6 is 11.6 Å². The molecule has 0 spiro atoms. The summed E-state index contributed by atoms with van der Waals surface area (Å²) in [5.41, 5.74) is 0. The van der Waals surface area contributed by atoms with Crippen molar-refractivity contribution >= 4 is 11.6 Å². The molecule has 0 aliphatic carbocycles. The zero-order chi connectivity index (χ0) is 10.3. The third-order valence-corrected chi connectivity index (χ3v) is 2.80. The molecular weight excluding hydrogens is 208 g/mol. The van der Waals surface area contributed by atoms with Gasteiger partial charge in [0, 0.05) is 7.11 Å². The molecule has 0 bridgehead atoms. The van der Waals surface area contributed by atoms with Gasteiger partial charge in [-0.25, -0.2) is 0 Å². The van der Waals surface area contributed by atoms with Crippen LogP contribution < -0.4 is 0 Å². The number of ether oxygens (including phenoxy) is 4. The Balaban J connectivity index is 2.12. The Bertz CT molecular complexity index is 201. The van der Waals surface area contributed by atoms with Gasteiger partial charge in [-0.05, 0) is 13.8 Å². The molecule has 0 aromatic rings. The van der Waals surface area contributed by atoms with E-state index in [1.54, 1.807) is 7.11 Å². The highest BCUT2D eigenvalue weighted by atomic mass is 35.5. The van der Waals surface area contributed by atoms with E-state index in [1.165, 1.54) is 0 Å². The van der Waals surface area contributed by atoms with E-state index in [2.05, 4.69) is 0 Å². The van der Waals surface area contributed by atoms with E-state index in [4.69, 9.17) is 30.5 Å². The van der Waals surface area contributed by atoms with Crippen LogP contribution in [0.5, 0.6) is 0 Å². The maximum atomic E-state index is 5.77. The van der Waals surface area contributed by atoms with Crippen molar-refractivity contribution in [1.82, 2.24) is 0 Å². The first-order valence-corrected chi connectivity index (χ1v) is 5.21. The molecule has 2 aliphatic heterocycles. The third kappa shape index (κ3) is 1.66. The van der Waals surface area contributed by atoms with E-state index < -0.39 is 5.79 Å². The molecule has 2 saturated heterocycles. The van der Waals surface area contributed by atoms with Gasteiger partial charge in [0.2, 0.25) is 0 Å². The summed E-state index contributed by atoms with van der Waals surface area (Å²) in [5, 5.41) is 0. The van der Waals surface area contributed by atoms with Crippen molar-refractivity contribution in [2.75, 3.05) is 13.0 Å². The normalized spacial score (nSPS) is 45.4. The molecule has 0 radical (unpaired) electrons. The number of halogens is 1. The van der Waals surface area contributed by atoms with Crippen molar-refractivity contribution in [3.05, 3.63) is 0 Å². The first-order chi connectivity index (χ1) is 6.57. The predicted octanol–water partition coefficient (Wildman–Crippen LogP) is 1.12. The third-order valence-electron chi connectivity index (χ3n) is 2.49. The standard InChI is InChI=1S/C9H15ClO4/c1-9(2)13-6-5(4-10)12-8(11-3)7(6)14-9/h5-8H,4H2,1-3H3/t5-,6-,7-,8?/m1/s1. The highest BCUT2D eigenvalue weighted by Gasteiger charge is 2.55. The molecule has 14 heavy (non-hydrogen) atoms. The predicted molar refractivity (Wildman–Crippen MR) is 50.2 cm³/mol. The quantitative estimate of drug-likeness (QED) is 0.656. The lowest BCUT2D eigenvalue weighted by Crippen LogP contribution is -2.30. The molecular formula is C9H15ClO4. The SMILES string of the molecule is COC1O[C@H](CCl)[C@H]2OC(C)(C)O[C@@H]12. The molecule has 2 rings (SSSR count). The number of hydrogen-bond donors (Lipinski definition) is 0. The molecule has 4 nitrogen and oxygen atoms in total. The van der Waals surface area contributed by atoms with E-state index in [0.717, 1.165) is 0 Å². The Morgan fingerprint density at radius 2 is 1.93 bits per heavy atom. The van der Waals surface area contributed by atoms with Gasteiger partial charge >= 0.3 is 0 Å². The molecule has 2 fully saturated rings. The first-order valence-electron chi connectivity index (χ1n) is 4.67. The minimum Gasteiger partial charge on any atom is -0.353 e. The van der Waals surface area contributed by atoms with Gasteiger partial charge in [0.15, 0.2) is 12.1 Å². The first kappa shape index (κ1) is 10.6. The van der Waals surface area contributed by atoms with E-state index in [1.807, 2.05) is 13.8 Å². The van der Waals surface area contributed by atoms with Crippen LogP contribution in [0, 0.1) is 0 Å². The highest BCUT2D eigenvalue weighted by Crippen LogP contribution is 2.39. The summed E-state index contributed by atoms with van der Waals surface area (Å²) in [5.74, 6) is -0.180. The molecule has 0 amide bonds. The summed E-state index contributed by atoms with van der Waals surface area (Å²) in [4.78, 5) is 0. The lowest BCUT2D eigenvalue weighted by atomic mass is 10.2. The summed E-state index contributed by atoms with van der Waals surface area (Å²) in [6.07, 6.45) is -0.801. The average molecular weight is 223 g/mol. The van der Waals surface area contributed by atoms with Gasteiger partial charge in [-0.15, -0.1) is 11.6 Å². The molecule has 0 aromatic carbocycles. The number of rotatable bonds is 2. The van der Waals surface area contributed by atoms with Gasteiger partial charge in [0.1, 0.15) is 18.3 Å². The van der Waals surface area contributed by atoms with Gasteiger partial charge in [-0.3, -0.25) is 0 Å². The zero-order valence-electron chi connectivity index (χ0n) is 8.53. The smallest absolute Gasteiger partial charge is 0.186 e. The minimum absolute atomic E-state index is 0.118.